The molecule has 2 unspecified atom stereocenters. The summed E-state index contributed by atoms with van der Waals surface area (Å²) in [5.41, 5.74) is -0.622. The number of likely N-dealkylation sites (tertiary alicyclic amines) is 1. The first kappa shape index (κ1) is 37.3. The molecule has 0 radical (unpaired) electrons. The Bertz CT molecular complexity index is 1820. The van der Waals surface area contributed by atoms with E-state index in [1.807, 2.05) is 37.3 Å². The van der Waals surface area contributed by atoms with E-state index in [1.165, 1.54) is 35.7 Å². The Hall–Kier alpha value is -3.91. The molecule has 0 aromatic carbocycles. The minimum Gasteiger partial charge on any atom is -0.477 e. The number of rotatable bonds is 13. The van der Waals surface area contributed by atoms with Crippen LogP contribution < -0.4 is 14.8 Å². The second-order valence-corrected chi connectivity index (χ2v) is 17.4. The van der Waals surface area contributed by atoms with E-state index < -0.39 is 21.5 Å². The molecule has 2 amide bonds. The van der Waals surface area contributed by atoms with Gasteiger partial charge in [-0.15, -0.1) is 5.10 Å². The van der Waals surface area contributed by atoms with Crippen LogP contribution in [0.25, 0.3) is 5.82 Å². The van der Waals surface area contributed by atoms with Gasteiger partial charge in [-0.25, -0.2) is 24.2 Å². The van der Waals surface area contributed by atoms with E-state index >= 15 is 0 Å². The summed E-state index contributed by atoms with van der Waals surface area (Å²) in [5.74, 6) is 0.487. The van der Waals surface area contributed by atoms with Crippen LogP contribution >= 0.6 is 11.6 Å². The quantitative estimate of drug-likeness (QED) is 0.183. The normalized spacial score (nSPS) is 18.7. The van der Waals surface area contributed by atoms with Crippen LogP contribution in [0.1, 0.15) is 97.3 Å². The van der Waals surface area contributed by atoms with Crippen molar-refractivity contribution in [2.24, 2.45) is 11.3 Å². The van der Waals surface area contributed by atoms with Gasteiger partial charge >= 0.3 is 6.09 Å². The number of hydrogen-bond acceptors (Lipinski definition) is 10. The molecule has 4 heterocycles. The topological polar surface area (TPSA) is 158 Å². The van der Waals surface area contributed by atoms with Gasteiger partial charge in [0.2, 0.25) is 5.88 Å². The first-order valence-corrected chi connectivity index (χ1v) is 18.9. The third-order valence-corrected chi connectivity index (χ3v) is 10.7. The predicted molar refractivity (Wildman–Crippen MR) is 190 cm³/mol. The molecule has 2 aliphatic rings. The van der Waals surface area contributed by atoms with E-state index in [9.17, 15) is 18.0 Å². The van der Waals surface area contributed by atoms with Crippen LogP contribution in [0.4, 0.5) is 10.6 Å². The fourth-order valence-corrected chi connectivity index (χ4v) is 7.17. The lowest BCUT2D eigenvalue weighted by Gasteiger charge is -2.33. The molecule has 2 atom stereocenters. The van der Waals surface area contributed by atoms with Crippen LogP contribution in [0.5, 0.6) is 5.88 Å². The van der Waals surface area contributed by atoms with E-state index in [4.69, 9.17) is 21.1 Å². The van der Waals surface area contributed by atoms with Crippen LogP contribution in [-0.4, -0.2) is 75.4 Å². The van der Waals surface area contributed by atoms with Crippen molar-refractivity contribution in [1.29, 1.82) is 0 Å². The van der Waals surface area contributed by atoms with Crippen molar-refractivity contribution in [1.82, 2.24) is 29.4 Å². The number of nitrogens with zero attached hydrogens (tertiary/aromatic N) is 5. The molecular weight excluding hydrogens is 682 g/mol. The van der Waals surface area contributed by atoms with Crippen molar-refractivity contribution in [2.75, 3.05) is 18.5 Å². The minimum atomic E-state index is -4.34. The van der Waals surface area contributed by atoms with Crippen molar-refractivity contribution in [3.63, 3.8) is 0 Å². The zero-order valence-corrected chi connectivity index (χ0v) is 31.4. The lowest BCUT2D eigenvalue weighted by molar-refractivity contribution is 0.0130. The molecule has 0 bridgehead atoms. The fourth-order valence-electron chi connectivity index (χ4n) is 6.00. The Balaban J connectivity index is 1.14. The van der Waals surface area contributed by atoms with Crippen LogP contribution in [-0.2, 0) is 14.8 Å². The SMILES string of the molecule is CC(CCC1CN(C(=O)OC(C)(C)C)C(C)(C)C1)Nc1cccc(S(=O)(=O)NC(=O)c2ccc(-n3ccc(OCCC4(C)CC4)n3)nc2Cl)n1. The Morgan fingerprint density at radius 1 is 1.10 bits per heavy atom. The molecule has 1 aliphatic heterocycles. The molecule has 2 fully saturated rings. The number of carbonyl (C=O) groups excluding carboxylic acids is 2. The van der Waals surface area contributed by atoms with Crippen molar-refractivity contribution >= 4 is 39.4 Å². The number of halogens is 1. The van der Waals surface area contributed by atoms with Crippen molar-refractivity contribution < 1.29 is 27.5 Å². The number of sulfonamides is 1. The highest BCUT2D eigenvalue weighted by Gasteiger charge is 2.42. The number of nitrogens with one attached hydrogen (secondary N) is 2. The van der Waals surface area contributed by atoms with Gasteiger partial charge in [0, 0.05) is 30.4 Å². The van der Waals surface area contributed by atoms with Crippen LogP contribution in [0, 0.1) is 11.3 Å². The number of pyridine rings is 2. The molecule has 1 saturated heterocycles. The van der Waals surface area contributed by atoms with Gasteiger partial charge in [0.25, 0.3) is 15.9 Å². The van der Waals surface area contributed by atoms with Crippen molar-refractivity contribution in [3.05, 3.63) is 53.3 Å². The molecular formula is C35H48ClN7O6S. The van der Waals surface area contributed by atoms with Gasteiger partial charge in [-0.1, -0.05) is 24.6 Å². The Morgan fingerprint density at radius 2 is 1.84 bits per heavy atom. The first-order valence-electron chi connectivity index (χ1n) is 17.0. The lowest BCUT2D eigenvalue weighted by atomic mass is 9.92. The van der Waals surface area contributed by atoms with Gasteiger partial charge in [-0.05, 0) is 116 Å². The average Bonchev–Trinajstić information content (AvgIpc) is 3.41. The van der Waals surface area contributed by atoms with Gasteiger partial charge < -0.3 is 19.7 Å². The summed E-state index contributed by atoms with van der Waals surface area (Å²) < 4.78 is 41.3. The molecule has 3 aromatic rings. The largest absolute Gasteiger partial charge is 0.477 e. The lowest BCUT2D eigenvalue weighted by Crippen LogP contribution is -2.45. The molecule has 0 spiro atoms. The second-order valence-electron chi connectivity index (χ2n) is 15.4. The first-order chi connectivity index (χ1) is 23.3. The van der Waals surface area contributed by atoms with Crippen molar-refractivity contribution in [2.45, 2.75) is 109 Å². The van der Waals surface area contributed by atoms with Crippen molar-refractivity contribution in [3.8, 4) is 11.7 Å². The van der Waals surface area contributed by atoms with Gasteiger partial charge in [0.15, 0.2) is 10.8 Å². The predicted octanol–water partition coefficient (Wildman–Crippen LogP) is 6.62. The molecule has 1 aliphatic carbocycles. The molecule has 50 heavy (non-hydrogen) atoms. The van der Waals surface area contributed by atoms with Crippen LogP contribution in [0.15, 0.2) is 47.6 Å². The maximum atomic E-state index is 13.2. The smallest absolute Gasteiger partial charge is 0.410 e. The summed E-state index contributed by atoms with van der Waals surface area (Å²) in [5, 5.41) is 7.11. The minimum absolute atomic E-state index is 0.0410. The summed E-state index contributed by atoms with van der Waals surface area (Å²) in [7, 11) is -4.34. The Kier molecular flexibility index (Phi) is 10.7. The molecule has 13 nitrogen and oxygen atoms in total. The number of amides is 2. The third kappa shape index (κ3) is 9.65. The van der Waals surface area contributed by atoms with E-state index in [2.05, 4.69) is 41.2 Å². The second kappa shape index (κ2) is 14.4. The number of ether oxygens (including phenoxy) is 2. The maximum absolute atomic E-state index is 13.2. The summed E-state index contributed by atoms with van der Waals surface area (Å²) >= 11 is 6.33. The average molecular weight is 730 g/mol. The molecule has 15 heteroatoms. The highest BCUT2D eigenvalue weighted by Crippen LogP contribution is 2.48. The fraction of sp³-hybridized carbons (Fsp3) is 0.571. The molecule has 1 saturated carbocycles. The monoisotopic (exact) mass is 729 g/mol. The highest BCUT2D eigenvalue weighted by atomic mass is 35.5. The van der Waals surface area contributed by atoms with Gasteiger partial charge in [0.1, 0.15) is 16.6 Å². The molecule has 5 rings (SSSR count). The summed E-state index contributed by atoms with van der Waals surface area (Å²) in [6, 6.07) is 9.10. The van der Waals surface area contributed by atoms with Gasteiger partial charge in [-0.3, -0.25) is 4.79 Å². The number of hydrogen-bond donors (Lipinski definition) is 2. The summed E-state index contributed by atoms with van der Waals surface area (Å²) in [4.78, 5) is 36.1. The Morgan fingerprint density at radius 3 is 2.52 bits per heavy atom. The highest BCUT2D eigenvalue weighted by molar-refractivity contribution is 7.90. The van der Waals surface area contributed by atoms with Crippen LogP contribution in [0.2, 0.25) is 5.15 Å². The Labute approximate surface area is 299 Å². The van der Waals surface area contributed by atoms with E-state index in [0.29, 0.717) is 42.0 Å². The standard InChI is InChI=1S/C35H48ClN7O6S/c1-23(11-12-24-21-34(5,6)42(22-24)32(45)49-33(2,3)4)37-26-9-8-10-29(38-26)50(46,47)41-31(44)25-13-14-27(39-30(25)36)43-19-15-28(40-43)48-20-18-35(7)16-17-35/h8-10,13-15,19,23-24H,11-12,16-18,20-22H2,1-7H3,(H,37,38)(H,41,44). The van der Waals surface area contributed by atoms with E-state index in [0.717, 1.165) is 25.7 Å². The number of carbonyl (C=O) groups is 2. The third-order valence-electron chi connectivity index (χ3n) is 9.14. The van der Waals surface area contributed by atoms with Crippen LogP contribution in [0.3, 0.4) is 0 Å². The zero-order valence-electron chi connectivity index (χ0n) is 29.8. The number of anilines is 1. The molecule has 3 aromatic heterocycles. The molecule has 2 N–H and O–H groups in total. The number of aromatic nitrogens is 4. The zero-order chi connectivity index (χ0) is 36.5. The van der Waals surface area contributed by atoms with E-state index in [-0.39, 0.29) is 33.4 Å². The van der Waals surface area contributed by atoms with Gasteiger partial charge in [0.05, 0.1) is 12.2 Å². The maximum Gasteiger partial charge on any atom is 0.410 e. The summed E-state index contributed by atoms with van der Waals surface area (Å²) in [6.45, 7) is 15.1. The van der Waals surface area contributed by atoms with Gasteiger partial charge in [-0.2, -0.15) is 8.42 Å². The molecule has 272 valence electrons. The summed E-state index contributed by atoms with van der Waals surface area (Å²) in [6.07, 6.45) is 7.24. The van der Waals surface area contributed by atoms with E-state index in [1.54, 1.807) is 24.4 Å².